The van der Waals surface area contributed by atoms with Crippen molar-refractivity contribution in [3.8, 4) is 0 Å². The van der Waals surface area contributed by atoms with Crippen molar-refractivity contribution in [3.63, 3.8) is 0 Å². The standard InChI is InChI=1S/C15H28N2O2/c1-2-12-5-3-4-6-13(12)17-14(18)15(11-16)7-9-19-10-8-15/h12-13H,2-11,16H2,1H3,(H,17,18). The van der Waals surface area contributed by atoms with Crippen LogP contribution in [0.3, 0.4) is 0 Å². The highest BCUT2D eigenvalue weighted by molar-refractivity contribution is 5.83. The summed E-state index contributed by atoms with van der Waals surface area (Å²) in [6.07, 6.45) is 7.60. The van der Waals surface area contributed by atoms with Crippen molar-refractivity contribution < 1.29 is 9.53 Å². The largest absolute Gasteiger partial charge is 0.381 e. The summed E-state index contributed by atoms with van der Waals surface area (Å²) in [6, 6.07) is 0.359. The summed E-state index contributed by atoms with van der Waals surface area (Å²) in [5, 5.41) is 3.31. The molecule has 0 aromatic rings. The van der Waals surface area contributed by atoms with Gasteiger partial charge in [-0.1, -0.05) is 26.2 Å². The van der Waals surface area contributed by atoms with Gasteiger partial charge in [-0.3, -0.25) is 4.79 Å². The highest BCUT2D eigenvalue weighted by Crippen LogP contribution is 2.32. The molecule has 1 amide bonds. The molecule has 4 heteroatoms. The lowest BCUT2D eigenvalue weighted by Crippen LogP contribution is -2.53. The summed E-state index contributed by atoms with van der Waals surface area (Å²) in [5.74, 6) is 0.816. The van der Waals surface area contributed by atoms with Gasteiger partial charge < -0.3 is 15.8 Å². The molecule has 4 nitrogen and oxygen atoms in total. The monoisotopic (exact) mass is 268 g/mol. The third-order valence-electron chi connectivity index (χ3n) is 5.07. The Balaban J connectivity index is 1.98. The van der Waals surface area contributed by atoms with Gasteiger partial charge in [0.05, 0.1) is 5.41 Å². The van der Waals surface area contributed by atoms with Gasteiger partial charge in [-0.05, 0) is 31.6 Å². The number of hydrogen-bond donors (Lipinski definition) is 2. The number of amides is 1. The molecule has 2 unspecified atom stereocenters. The van der Waals surface area contributed by atoms with Crippen LogP contribution >= 0.6 is 0 Å². The smallest absolute Gasteiger partial charge is 0.227 e. The van der Waals surface area contributed by atoms with Crippen LogP contribution in [-0.4, -0.2) is 31.7 Å². The van der Waals surface area contributed by atoms with E-state index in [4.69, 9.17) is 10.5 Å². The quantitative estimate of drug-likeness (QED) is 0.817. The summed E-state index contributed by atoms with van der Waals surface area (Å²) in [6.45, 7) is 3.98. The molecular formula is C15H28N2O2. The molecule has 19 heavy (non-hydrogen) atoms. The minimum absolute atomic E-state index is 0.170. The molecule has 1 saturated heterocycles. The van der Waals surface area contributed by atoms with E-state index >= 15 is 0 Å². The van der Waals surface area contributed by atoms with Crippen LogP contribution in [-0.2, 0) is 9.53 Å². The van der Waals surface area contributed by atoms with Gasteiger partial charge in [0.25, 0.3) is 0 Å². The maximum atomic E-state index is 12.6. The molecule has 2 fully saturated rings. The Kier molecular flexibility index (Phi) is 5.22. The molecule has 110 valence electrons. The average molecular weight is 268 g/mol. The van der Waals surface area contributed by atoms with Gasteiger partial charge in [-0.25, -0.2) is 0 Å². The van der Waals surface area contributed by atoms with Crippen molar-refractivity contribution in [2.75, 3.05) is 19.8 Å². The van der Waals surface area contributed by atoms with Crippen LogP contribution in [0.5, 0.6) is 0 Å². The van der Waals surface area contributed by atoms with E-state index in [1.165, 1.54) is 19.3 Å². The zero-order chi connectivity index (χ0) is 13.7. The summed E-state index contributed by atoms with van der Waals surface area (Å²) < 4.78 is 5.37. The van der Waals surface area contributed by atoms with Crippen LogP contribution in [0.15, 0.2) is 0 Å². The van der Waals surface area contributed by atoms with Crippen LogP contribution < -0.4 is 11.1 Å². The topological polar surface area (TPSA) is 64.4 Å². The summed E-state index contributed by atoms with van der Waals surface area (Å²) in [4.78, 5) is 12.6. The number of carbonyl (C=O) groups excluding carboxylic acids is 1. The maximum absolute atomic E-state index is 12.6. The fourth-order valence-electron chi connectivity index (χ4n) is 3.49. The third kappa shape index (κ3) is 3.29. The van der Waals surface area contributed by atoms with Crippen molar-refractivity contribution >= 4 is 5.91 Å². The Morgan fingerprint density at radius 2 is 2.00 bits per heavy atom. The van der Waals surface area contributed by atoms with Crippen molar-refractivity contribution in [2.24, 2.45) is 17.1 Å². The minimum atomic E-state index is -0.381. The van der Waals surface area contributed by atoms with Gasteiger partial charge in [0.15, 0.2) is 0 Å². The van der Waals surface area contributed by atoms with Crippen molar-refractivity contribution in [2.45, 2.75) is 57.9 Å². The predicted molar refractivity (Wildman–Crippen MR) is 75.7 cm³/mol. The van der Waals surface area contributed by atoms with Gasteiger partial charge in [0, 0.05) is 25.8 Å². The van der Waals surface area contributed by atoms with E-state index in [2.05, 4.69) is 12.2 Å². The molecule has 2 atom stereocenters. The lowest BCUT2D eigenvalue weighted by Gasteiger charge is -2.38. The molecule has 0 radical (unpaired) electrons. The number of nitrogens with one attached hydrogen (secondary N) is 1. The minimum Gasteiger partial charge on any atom is -0.381 e. The summed E-state index contributed by atoms with van der Waals surface area (Å²) in [7, 11) is 0. The summed E-state index contributed by atoms with van der Waals surface area (Å²) in [5.41, 5.74) is 5.51. The highest BCUT2D eigenvalue weighted by Gasteiger charge is 2.40. The number of hydrogen-bond acceptors (Lipinski definition) is 3. The van der Waals surface area contributed by atoms with E-state index < -0.39 is 0 Å². The van der Waals surface area contributed by atoms with E-state index in [1.54, 1.807) is 0 Å². The molecule has 3 N–H and O–H groups in total. The van der Waals surface area contributed by atoms with Gasteiger partial charge in [0.1, 0.15) is 0 Å². The van der Waals surface area contributed by atoms with E-state index in [0.717, 1.165) is 25.7 Å². The van der Waals surface area contributed by atoms with Gasteiger partial charge in [-0.15, -0.1) is 0 Å². The molecule has 1 heterocycles. The van der Waals surface area contributed by atoms with E-state index in [0.29, 0.717) is 31.7 Å². The molecule has 1 aliphatic carbocycles. The van der Waals surface area contributed by atoms with Gasteiger partial charge in [-0.2, -0.15) is 0 Å². The lowest BCUT2D eigenvalue weighted by atomic mass is 9.77. The Morgan fingerprint density at radius 1 is 1.32 bits per heavy atom. The Labute approximate surface area is 116 Å². The fraction of sp³-hybridized carbons (Fsp3) is 0.933. The van der Waals surface area contributed by atoms with Crippen molar-refractivity contribution in [1.29, 1.82) is 0 Å². The number of nitrogens with two attached hydrogens (primary N) is 1. The van der Waals surface area contributed by atoms with E-state index in [-0.39, 0.29) is 11.3 Å². The van der Waals surface area contributed by atoms with Crippen LogP contribution in [0.2, 0.25) is 0 Å². The number of carbonyl (C=O) groups is 1. The first-order chi connectivity index (χ1) is 9.22. The zero-order valence-electron chi connectivity index (χ0n) is 12.1. The average Bonchev–Trinajstić information content (AvgIpc) is 2.48. The molecule has 1 saturated carbocycles. The van der Waals surface area contributed by atoms with Crippen LogP contribution in [0, 0.1) is 11.3 Å². The maximum Gasteiger partial charge on any atom is 0.227 e. The highest BCUT2D eigenvalue weighted by atomic mass is 16.5. The van der Waals surface area contributed by atoms with Crippen LogP contribution in [0.25, 0.3) is 0 Å². The summed E-state index contributed by atoms with van der Waals surface area (Å²) >= 11 is 0. The van der Waals surface area contributed by atoms with Gasteiger partial charge in [0.2, 0.25) is 5.91 Å². The molecule has 2 aliphatic rings. The molecule has 0 aromatic carbocycles. The first-order valence-electron chi connectivity index (χ1n) is 7.80. The van der Waals surface area contributed by atoms with Crippen LogP contribution in [0.1, 0.15) is 51.9 Å². The molecule has 2 rings (SSSR count). The number of ether oxygens (including phenoxy) is 1. The Hall–Kier alpha value is -0.610. The first kappa shape index (κ1) is 14.8. The fourth-order valence-corrected chi connectivity index (χ4v) is 3.49. The second kappa shape index (κ2) is 6.71. The normalized spacial score (nSPS) is 30.8. The Morgan fingerprint density at radius 3 is 2.63 bits per heavy atom. The molecule has 0 aromatic heterocycles. The lowest BCUT2D eigenvalue weighted by molar-refractivity contribution is -0.137. The number of rotatable bonds is 4. The van der Waals surface area contributed by atoms with Crippen molar-refractivity contribution in [1.82, 2.24) is 5.32 Å². The second-order valence-electron chi connectivity index (χ2n) is 6.13. The second-order valence-corrected chi connectivity index (χ2v) is 6.13. The van der Waals surface area contributed by atoms with Crippen LogP contribution in [0.4, 0.5) is 0 Å². The van der Waals surface area contributed by atoms with E-state index in [9.17, 15) is 4.79 Å². The zero-order valence-corrected chi connectivity index (χ0v) is 12.1. The Bertz CT molecular complexity index is 301. The third-order valence-corrected chi connectivity index (χ3v) is 5.07. The van der Waals surface area contributed by atoms with Gasteiger partial charge >= 0.3 is 0 Å². The first-order valence-corrected chi connectivity index (χ1v) is 7.80. The predicted octanol–water partition coefficient (Wildman–Crippen LogP) is 1.83. The molecular weight excluding hydrogens is 240 g/mol. The van der Waals surface area contributed by atoms with Crippen molar-refractivity contribution in [3.05, 3.63) is 0 Å². The molecule has 0 spiro atoms. The van der Waals surface area contributed by atoms with E-state index in [1.807, 2.05) is 0 Å². The SMILES string of the molecule is CCC1CCCCC1NC(=O)C1(CN)CCOCC1. The molecule has 1 aliphatic heterocycles. The molecule has 0 bridgehead atoms.